The second-order valence-electron chi connectivity index (χ2n) is 2.41. The quantitative estimate of drug-likeness (QED) is 0.537. The topological polar surface area (TPSA) is 15.3 Å². The lowest BCUT2D eigenvalue weighted by atomic mass is 10.3. The Kier molecular flexibility index (Phi) is 1.86. The van der Waals surface area contributed by atoms with E-state index in [4.69, 9.17) is 0 Å². The van der Waals surface area contributed by atoms with E-state index in [1.54, 1.807) is 0 Å². The molecule has 0 radical (unpaired) electrons. The molecule has 8 heavy (non-hydrogen) atoms. The van der Waals surface area contributed by atoms with Crippen LogP contribution < -0.4 is 5.43 Å². The van der Waals surface area contributed by atoms with E-state index in [1.807, 2.05) is 7.05 Å². The molecule has 0 bridgehead atoms. The highest BCUT2D eigenvalue weighted by molar-refractivity contribution is 4.70. The molecule has 0 aromatic rings. The molecule has 0 aliphatic carbocycles. The summed E-state index contributed by atoms with van der Waals surface area (Å²) in [6.07, 6.45) is 2.70. The first-order valence-electron chi connectivity index (χ1n) is 3.28. The third kappa shape index (κ3) is 1.01. The minimum absolute atomic E-state index is 0.750. The molecule has 0 saturated carbocycles. The third-order valence-electron chi connectivity index (χ3n) is 1.84. The Morgan fingerprint density at radius 2 is 2.38 bits per heavy atom. The zero-order valence-corrected chi connectivity index (χ0v) is 5.65. The average molecular weight is 114 g/mol. The summed E-state index contributed by atoms with van der Waals surface area (Å²) in [7, 11) is 1.99. The van der Waals surface area contributed by atoms with E-state index in [2.05, 4.69) is 17.4 Å². The minimum Gasteiger partial charge on any atom is -0.258 e. The number of nitrogens with zero attached hydrogens (tertiary/aromatic N) is 1. The van der Waals surface area contributed by atoms with Gasteiger partial charge in [0.25, 0.3) is 0 Å². The second kappa shape index (κ2) is 2.46. The Bertz CT molecular complexity index is 72.9. The van der Waals surface area contributed by atoms with Crippen molar-refractivity contribution in [2.75, 3.05) is 13.6 Å². The lowest BCUT2D eigenvalue weighted by molar-refractivity contribution is 0.201. The summed E-state index contributed by atoms with van der Waals surface area (Å²) in [6.45, 7) is 3.47. The molecule has 1 N–H and O–H groups in total. The lowest BCUT2D eigenvalue weighted by Crippen LogP contribution is -2.37. The van der Waals surface area contributed by atoms with E-state index >= 15 is 0 Å². The van der Waals surface area contributed by atoms with Gasteiger partial charge in [-0.15, -0.1) is 0 Å². The van der Waals surface area contributed by atoms with Crippen molar-refractivity contribution >= 4 is 0 Å². The van der Waals surface area contributed by atoms with Crippen LogP contribution in [0.5, 0.6) is 0 Å². The van der Waals surface area contributed by atoms with Gasteiger partial charge in [0.15, 0.2) is 0 Å². The molecule has 0 spiro atoms. The summed E-state index contributed by atoms with van der Waals surface area (Å²) in [5.41, 5.74) is 3.15. The van der Waals surface area contributed by atoms with Gasteiger partial charge in [-0.05, 0) is 26.8 Å². The van der Waals surface area contributed by atoms with Crippen LogP contribution in [0.25, 0.3) is 0 Å². The van der Waals surface area contributed by atoms with E-state index in [0.717, 1.165) is 6.04 Å². The Labute approximate surface area is 50.8 Å². The Morgan fingerprint density at radius 1 is 1.62 bits per heavy atom. The monoisotopic (exact) mass is 114 g/mol. The summed E-state index contributed by atoms with van der Waals surface area (Å²) < 4.78 is 0. The fraction of sp³-hybridized carbons (Fsp3) is 1.00. The fourth-order valence-corrected chi connectivity index (χ4v) is 1.27. The molecule has 1 rings (SSSR count). The predicted octanol–water partition coefficient (Wildman–Crippen LogP) is 0.605. The van der Waals surface area contributed by atoms with Crippen molar-refractivity contribution in [3.8, 4) is 0 Å². The van der Waals surface area contributed by atoms with E-state index in [0.29, 0.717) is 0 Å². The molecule has 0 unspecified atom stereocenters. The smallest absolute Gasteiger partial charge is 0.0215 e. The van der Waals surface area contributed by atoms with Crippen LogP contribution in [0, 0.1) is 0 Å². The first-order valence-corrected chi connectivity index (χ1v) is 3.28. The highest BCUT2D eigenvalue weighted by atomic mass is 15.5. The molecule has 2 heteroatoms. The molecular formula is C6H14N2. The van der Waals surface area contributed by atoms with Crippen molar-refractivity contribution in [2.45, 2.75) is 25.8 Å². The van der Waals surface area contributed by atoms with Crippen molar-refractivity contribution in [1.82, 2.24) is 10.4 Å². The Balaban J connectivity index is 2.30. The molecule has 2 nitrogen and oxygen atoms in total. The van der Waals surface area contributed by atoms with Gasteiger partial charge in [-0.3, -0.25) is 5.43 Å². The van der Waals surface area contributed by atoms with Gasteiger partial charge in [-0.2, -0.15) is 0 Å². The zero-order valence-electron chi connectivity index (χ0n) is 5.65. The van der Waals surface area contributed by atoms with Crippen molar-refractivity contribution < 1.29 is 0 Å². The van der Waals surface area contributed by atoms with Crippen LogP contribution in [-0.4, -0.2) is 24.6 Å². The zero-order chi connectivity index (χ0) is 5.98. The molecule has 1 atom stereocenters. The van der Waals surface area contributed by atoms with Gasteiger partial charge >= 0.3 is 0 Å². The molecule has 48 valence electrons. The van der Waals surface area contributed by atoms with Crippen LogP contribution in [0.1, 0.15) is 19.8 Å². The molecule has 1 heterocycles. The van der Waals surface area contributed by atoms with Crippen molar-refractivity contribution in [2.24, 2.45) is 0 Å². The maximum absolute atomic E-state index is 3.15. The van der Waals surface area contributed by atoms with Crippen molar-refractivity contribution in [1.29, 1.82) is 0 Å². The van der Waals surface area contributed by atoms with Crippen LogP contribution in [0.2, 0.25) is 0 Å². The summed E-state index contributed by atoms with van der Waals surface area (Å²) in [5.74, 6) is 0. The van der Waals surface area contributed by atoms with Gasteiger partial charge < -0.3 is 0 Å². The lowest BCUT2D eigenvalue weighted by Gasteiger charge is -2.18. The maximum Gasteiger partial charge on any atom is 0.0215 e. The molecule has 0 aromatic carbocycles. The van der Waals surface area contributed by atoms with Gasteiger partial charge in [-0.1, -0.05) is 0 Å². The Hall–Kier alpha value is -0.0800. The average Bonchev–Trinajstić information content (AvgIpc) is 2.14. The highest BCUT2D eigenvalue weighted by Gasteiger charge is 2.17. The van der Waals surface area contributed by atoms with Gasteiger partial charge in [0.2, 0.25) is 0 Å². The number of hydrogen-bond donors (Lipinski definition) is 1. The van der Waals surface area contributed by atoms with Gasteiger partial charge in [0, 0.05) is 12.6 Å². The maximum atomic E-state index is 3.15. The fourth-order valence-electron chi connectivity index (χ4n) is 1.27. The third-order valence-corrected chi connectivity index (χ3v) is 1.84. The molecule has 1 aliphatic rings. The van der Waals surface area contributed by atoms with E-state index in [9.17, 15) is 0 Å². The summed E-state index contributed by atoms with van der Waals surface area (Å²) >= 11 is 0. The van der Waals surface area contributed by atoms with Crippen LogP contribution in [0.4, 0.5) is 0 Å². The number of hydrazine groups is 1. The van der Waals surface area contributed by atoms with Crippen molar-refractivity contribution in [3.63, 3.8) is 0 Å². The van der Waals surface area contributed by atoms with Crippen LogP contribution in [-0.2, 0) is 0 Å². The largest absolute Gasteiger partial charge is 0.258 e. The molecule has 0 amide bonds. The molecule has 1 aliphatic heterocycles. The first kappa shape index (κ1) is 6.05. The number of nitrogens with one attached hydrogen (secondary N) is 1. The molecule has 1 fully saturated rings. The SMILES string of the molecule is CNN1CCC[C@H]1C. The Morgan fingerprint density at radius 3 is 2.62 bits per heavy atom. The molecule has 1 saturated heterocycles. The van der Waals surface area contributed by atoms with Gasteiger partial charge in [0.05, 0.1) is 0 Å². The molecule has 0 aromatic heterocycles. The van der Waals surface area contributed by atoms with Crippen LogP contribution >= 0.6 is 0 Å². The van der Waals surface area contributed by atoms with Crippen LogP contribution in [0.15, 0.2) is 0 Å². The van der Waals surface area contributed by atoms with Gasteiger partial charge in [-0.25, -0.2) is 5.01 Å². The van der Waals surface area contributed by atoms with Crippen LogP contribution in [0.3, 0.4) is 0 Å². The summed E-state index contributed by atoms with van der Waals surface area (Å²) in [6, 6.07) is 0.750. The van der Waals surface area contributed by atoms with E-state index in [-0.39, 0.29) is 0 Å². The van der Waals surface area contributed by atoms with E-state index < -0.39 is 0 Å². The standard InChI is InChI=1S/C6H14N2/c1-6-4-3-5-8(6)7-2/h6-7H,3-5H2,1-2H3/t6-/m1/s1. The van der Waals surface area contributed by atoms with Crippen molar-refractivity contribution in [3.05, 3.63) is 0 Å². The normalized spacial score (nSPS) is 31.5. The number of hydrogen-bond acceptors (Lipinski definition) is 2. The van der Waals surface area contributed by atoms with Gasteiger partial charge in [0.1, 0.15) is 0 Å². The number of rotatable bonds is 1. The molecular weight excluding hydrogens is 100 g/mol. The first-order chi connectivity index (χ1) is 3.84. The minimum atomic E-state index is 0.750. The van der Waals surface area contributed by atoms with E-state index in [1.165, 1.54) is 19.4 Å². The predicted molar refractivity (Wildman–Crippen MR) is 34.5 cm³/mol. The summed E-state index contributed by atoms with van der Waals surface area (Å²) in [4.78, 5) is 0. The highest BCUT2D eigenvalue weighted by Crippen LogP contribution is 2.12. The second-order valence-corrected chi connectivity index (χ2v) is 2.41. The summed E-state index contributed by atoms with van der Waals surface area (Å²) in [5, 5.41) is 2.28.